The summed E-state index contributed by atoms with van der Waals surface area (Å²) in [5.74, 6) is 0. The summed E-state index contributed by atoms with van der Waals surface area (Å²) in [5.41, 5.74) is 0.874. The van der Waals surface area contributed by atoms with Gasteiger partial charge in [-0.2, -0.15) is 0 Å². The molecule has 0 saturated carbocycles. The lowest BCUT2D eigenvalue weighted by Crippen LogP contribution is -2.36. The van der Waals surface area contributed by atoms with E-state index in [-0.39, 0.29) is 4.90 Å². The van der Waals surface area contributed by atoms with E-state index in [2.05, 4.69) is 10.1 Å². The number of rotatable bonds is 4. The Labute approximate surface area is 90.1 Å². The zero-order chi connectivity index (χ0) is 11.5. The number of hydrazine groups is 1. The maximum atomic E-state index is 11.7. The minimum atomic E-state index is -3.44. The van der Waals surface area contributed by atoms with E-state index in [1.807, 2.05) is 0 Å². The first-order valence-corrected chi connectivity index (χ1v) is 5.91. The van der Waals surface area contributed by atoms with Crippen LogP contribution in [0.4, 0.5) is 5.69 Å². The fourth-order valence-corrected chi connectivity index (χ4v) is 2.17. The van der Waals surface area contributed by atoms with E-state index >= 15 is 0 Å². The first kappa shape index (κ1) is 12.0. The Hall–Kier alpha value is -1.11. The van der Waals surface area contributed by atoms with Gasteiger partial charge in [0.15, 0.2) is 0 Å². The van der Waals surface area contributed by atoms with Crippen molar-refractivity contribution in [3.63, 3.8) is 0 Å². The van der Waals surface area contributed by atoms with E-state index in [0.717, 1.165) is 5.69 Å². The van der Waals surface area contributed by atoms with Crippen molar-refractivity contribution >= 4 is 15.7 Å². The van der Waals surface area contributed by atoms with Crippen LogP contribution in [0.2, 0.25) is 0 Å². The van der Waals surface area contributed by atoms with Crippen molar-refractivity contribution < 1.29 is 8.42 Å². The van der Waals surface area contributed by atoms with Gasteiger partial charge in [-0.3, -0.25) is 0 Å². The van der Waals surface area contributed by atoms with Crippen molar-refractivity contribution in [3.05, 3.63) is 24.3 Å². The second-order valence-corrected chi connectivity index (χ2v) is 4.92. The number of sulfonamides is 1. The van der Waals surface area contributed by atoms with Crippen molar-refractivity contribution in [1.29, 1.82) is 0 Å². The zero-order valence-corrected chi connectivity index (χ0v) is 9.80. The third-order valence-electron chi connectivity index (χ3n) is 1.76. The van der Waals surface area contributed by atoms with Crippen LogP contribution in [-0.4, -0.2) is 34.6 Å². The van der Waals surface area contributed by atoms with Crippen molar-refractivity contribution in [1.82, 2.24) is 9.84 Å². The van der Waals surface area contributed by atoms with Gasteiger partial charge in [0.2, 0.25) is 0 Å². The lowest BCUT2D eigenvalue weighted by atomic mass is 10.3. The number of benzene rings is 1. The molecule has 0 aliphatic heterocycles. The molecule has 0 fully saturated rings. The Morgan fingerprint density at radius 1 is 1.13 bits per heavy atom. The Balaban J connectivity index is 2.96. The highest BCUT2D eigenvalue weighted by atomic mass is 32.2. The number of anilines is 1. The first-order chi connectivity index (χ1) is 6.95. The molecule has 1 rings (SSSR count). The standard InChI is InChI=1S/C9H15N3O2S/c1-10-8-4-6-9(7-5-8)15(13,14)11-12(2)3/h4-7,10-11H,1-3H3. The predicted molar refractivity (Wildman–Crippen MR) is 60.0 cm³/mol. The molecule has 6 heteroatoms. The molecule has 15 heavy (non-hydrogen) atoms. The molecule has 0 aromatic heterocycles. The second-order valence-electron chi connectivity index (χ2n) is 3.26. The molecule has 0 bridgehead atoms. The quantitative estimate of drug-likeness (QED) is 0.737. The third-order valence-corrected chi connectivity index (χ3v) is 3.25. The fourth-order valence-electron chi connectivity index (χ4n) is 1.09. The fraction of sp³-hybridized carbons (Fsp3) is 0.333. The molecule has 2 N–H and O–H groups in total. The first-order valence-electron chi connectivity index (χ1n) is 4.43. The van der Waals surface area contributed by atoms with E-state index in [9.17, 15) is 8.42 Å². The number of nitrogens with zero attached hydrogens (tertiary/aromatic N) is 1. The Morgan fingerprint density at radius 2 is 1.67 bits per heavy atom. The van der Waals surface area contributed by atoms with Crippen LogP contribution in [-0.2, 0) is 10.0 Å². The Morgan fingerprint density at radius 3 is 2.07 bits per heavy atom. The lowest BCUT2D eigenvalue weighted by Gasteiger charge is -2.12. The summed E-state index contributed by atoms with van der Waals surface area (Å²) in [6.07, 6.45) is 0. The Bertz CT molecular complexity index is 411. The number of hydrogen-bond donors (Lipinski definition) is 2. The van der Waals surface area contributed by atoms with Crippen LogP contribution in [0.15, 0.2) is 29.2 Å². The number of nitrogens with one attached hydrogen (secondary N) is 2. The van der Waals surface area contributed by atoms with E-state index in [0.29, 0.717) is 0 Å². The van der Waals surface area contributed by atoms with Gasteiger partial charge < -0.3 is 5.32 Å². The molecule has 0 spiro atoms. The third kappa shape index (κ3) is 3.19. The van der Waals surface area contributed by atoms with Crippen LogP contribution < -0.4 is 10.1 Å². The van der Waals surface area contributed by atoms with Gasteiger partial charge in [-0.15, -0.1) is 4.83 Å². The van der Waals surface area contributed by atoms with Crippen molar-refractivity contribution in [2.45, 2.75) is 4.90 Å². The largest absolute Gasteiger partial charge is 0.388 e. The average Bonchev–Trinajstić information content (AvgIpc) is 2.16. The van der Waals surface area contributed by atoms with E-state index in [1.54, 1.807) is 45.4 Å². The van der Waals surface area contributed by atoms with Gasteiger partial charge in [-0.25, -0.2) is 13.4 Å². The van der Waals surface area contributed by atoms with Crippen LogP contribution in [0.3, 0.4) is 0 Å². The number of hydrogen-bond acceptors (Lipinski definition) is 4. The summed E-state index contributed by atoms with van der Waals surface area (Å²) in [6, 6.07) is 6.53. The summed E-state index contributed by atoms with van der Waals surface area (Å²) in [7, 11) is 1.59. The maximum absolute atomic E-state index is 11.7. The van der Waals surface area contributed by atoms with Crippen LogP contribution in [0.1, 0.15) is 0 Å². The molecule has 0 unspecified atom stereocenters. The van der Waals surface area contributed by atoms with Gasteiger partial charge in [-0.1, -0.05) is 0 Å². The molecule has 0 atom stereocenters. The molecule has 0 aliphatic carbocycles. The highest BCUT2D eigenvalue weighted by Gasteiger charge is 2.13. The van der Waals surface area contributed by atoms with Crippen molar-refractivity contribution in [3.8, 4) is 0 Å². The normalized spacial score (nSPS) is 11.7. The van der Waals surface area contributed by atoms with Gasteiger partial charge in [0, 0.05) is 26.8 Å². The molecule has 1 aromatic rings. The second kappa shape index (κ2) is 4.61. The van der Waals surface area contributed by atoms with Crippen LogP contribution in [0.25, 0.3) is 0 Å². The topological polar surface area (TPSA) is 61.4 Å². The summed E-state index contributed by atoms with van der Waals surface area (Å²) in [5, 5.41) is 4.31. The molecule has 0 aliphatic rings. The molecule has 5 nitrogen and oxygen atoms in total. The van der Waals surface area contributed by atoms with Crippen LogP contribution >= 0.6 is 0 Å². The monoisotopic (exact) mass is 229 g/mol. The summed E-state index contributed by atoms with van der Waals surface area (Å²) < 4.78 is 23.3. The molecule has 0 radical (unpaired) electrons. The molecule has 0 amide bonds. The maximum Gasteiger partial charge on any atom is 0.253 e. The minimum Gasteiger partial charge on any atom is -0.388 e. The van der Waals surface area contributed by atoms with Gasteiger partial charge in [-0.05, 0) is 24.3 Å². The molecular weight excluding hydrogens is 214 g/mol. The minimum absolute atomic E-state index is 0.246. The summed E-state index contributed by atoms with van der Waals surface area (Å²) in [4.78, 5) is 2.60. The summed E-state index contributed by atoms with van der Waals surface area (Å²) >= 11 is 0. The lowest BCUT2D eigenvalue weighted by molar-refractivity contribution is 0.364. The van der Waals surface area contributed by atoms with Crippen LogP contribution in [0, 0.1) is 0 Å². The van der Waals surface area contributed by atoms with Gasteiger partial charge in [0.25, 0.3) is 10.0 Å². The highest BCUT2D eigenvalue weighted by molar-refractivity contribution is 7.89. The van der Waals surface area contributed by atoms with Gasteiger partial charge in [0.05, 0.1) is 4.90 Å². The molecule has 0 saturated heterocycles. The molecular formula is C9H15N3O2S. The van der Waals surface area contributed by atoms with Crippen LogP contribution in [0.5, 0.6) is 0 Å². The SMILES string of the molecule is CNc1ccc(S(=O)(=O)NN(C)C)cc1. The van der Waals surface area contributed by atoms with E-state index in [4.69, 9.17) is 0 Å². The van der Waals surface area contributed by atoms with E-state index in [1.165, 1.54) is 5.01 Å². The van der Waals surface area contributed by atoms with Gasteiger partial charge >= 0.3 is 0 Å². The predicted octanol–water partition coefficient (Wildman–Crippen LogP) is 0.483. The highest BCUT2D eigenvalue weighted by Crippen LogP contribution is 2.13. The zero-order valence-electron chi connectivity index (χ0n) is 8.98. The molecule has 84 valence electrons. The molecule has 1 aromatic carbocycles. The Kier molecular flexibility index (Phi) is 3.67. The van der Waals surface area contributed by atoms with Crippen molar-refractivity contribution in [2.24, 2.45) is 0 Å². The average molecular weight is 229 g/mol. The summed E-state index contributed by atoms with van der Waals surface area (Å²) in [6.45, 7) is 0. The van der Waals surface area contributed by atoms with Crippen molar-refractivity contribution in [2.75, 3.05) is 26.5 Å². The van der Waals surface area contributed by atoms with Gasteiger partial charge in [0.1, 0.15) is 0 Å². The van der Waals surface area contributed by atoms with E-state index < -0.39 is 10.0 Å². The molecule has 0 heterocycles. The smallest absolute Gasteiger partial charge is 0.253 e.